The van der Waals surface area contributed by atoms with Crippen molar-refractivity contribution in [3.8, 4) is 16.8 Å². The number of pyridine rings is 1. The summed E-state index contributed by atoms with van der Waals surface area (Å²) in [7, 11) is 2.17. The summed E-state index contributed by atoms with van der Waals surface area (Å²) in [5.41, 5.74) is 13.5. The summed E-state index contributed by atoms with van der Waals surface area (Å²) >= 11 is 0. The Hall–Kier alpha value is -3.39. The van der Waals surface area contributed by atoms with Gasteiger partial charge >= 0.3 is 0 Å². The van der Waals surface area contributed by atoms with E-state index in [0.717, 1.165) is 6.42 Å². The first-order chi connectivity index (χ1) is 14.1. The number of benzene rings is 3. The Balaban J connectivity index is 1.84. The second-order valence-electron chi connectivity index (χ2n) is 8.30. The number of para-hydroxylation sites is 1. The SMILES string of the molecule is Cc1cc2c(c3c(C)c4c(cc3n2-c2ccccc2)Cc2ccccc2-4)[n+](C)c1. The van der Waals surface area contributed by atoms with E-state index in [9.17, 15) is 0 Å². The number of fused-ring (bicyclic) bond motifs is 6. The maximum atomic E-state index is 2.44. The lowest BCUT2D eigenvalue weighted by Gasteiger charge is -2.10. The van der Waals surface area contributed by atoms with Crippen LogP contribution in [0.25, 0.3) is 38.8 Å². The minimum Gasteiger partial charge on any atom is -0.304 e. The van der Waals surface area contributed by atoms with Gasteiger partial charge in [-0.25, -0.2) is 0 Å². The van der Waals surface area contributed by atoms with Gasteiger partial charge in [0.1, 0.15) is 12.6 Å². The molecule has 5 aromatic rings. The van der Waals surface area contributed by atoms with Gasteiger partial charge in [0.2, 0.25) is 5.52 Å². The number of nitrogens with zero attached hydrogens (tertiary/aromatic N) is 2. The molecule has 0 N–H and O–H groups in total. The Morgan fingerprint density at radius 3 is 2.41 bits per heavy atom. The number of hydrogen-bond donors (Lipinski definition) is 0. The van der Waals surface area contributed by atoms with Crippen LogP contribution < -0.4 is 4.57 Å². The molecule has 140 valence electrons. The third-order valence-electron chi connectivity index (χ3n) is 6.40. The maximum Gasteiger partial charge on any atom is 0.239 e. The molecule has 0 fully saturated rings. The van der Waals surface area contributed by atoms with Crippen molar-refractivity contribution in [3.63, 3.8) is 0 Å². The molecule has 0 spiro atoms. The highest BCUT2D eigenvalue weighted by Gasteiger charge is 2.28. The number of aryl methyl sites for hydroxylation is 3. The van der Waals surface area contributed by atoms with E-state index in [-0.39, 0.29) is 0 Å². The molecule has 2 heteroatoms. The molecule has 3 aromatic carbocycles. The highest BCUT2D eigenvalue weighted by atomic mass is 15.0. The van der Waals surface area contributed by atoms with Crippen LogP contribution in [0.4, 0.5) is 0 Å². The fourth-order valence-corrected chi connectivity index (χ4v) is 5.31. The second-order valence-corrected chi connectivity index (χ2v) is 8.30. The summed E-state index contributed by atoms with van der Waals surface area (Å²) in [6, 6.07) is 24.4. The standard InChI is InChI=1S/C27H23N2/c1-17-13-24-27(28(3)16-17)26-18(2)25-20(14-19-9-7-8-12-22(19)25)15-23(26)29(24)21-10-5-4-6-11-21/h4-13,15-16H,14H2,1-3H3/q+1. The van der Waals surface area contributed by atoms with Gasteiger partial charge in [-0.1, -0.05) is 42.5 Å². The van der Waals surface area contributed by atoms with Gasteiger partial charge in [-0.05, 0) is 72.4 Å². The molecule has 2 heterocycles. The molecule has 0 atom stereocenters. The molecule has 0 aliphatic heterocycles. The van der Waals surface area contributed by atoms with Crippen LogP contribution in [0.1, 0.15) is 22.3 Å². The van der Waals surface area contributed by atoms with Gasteiger partial charge in [-0.3, -0.25) is 0 Å². The lowest BCUT2D eigenvalue weighted by Crippen LogP contribution is -2.28. The van der Waals surface area contributed by atoms with Crippen molar-refractivity contribution in [2.45, 2.75) is 20.3 Å². The lowest BCUT2D eigenvalue weighted by molar-refractivity contribution is -0.644. The van der Waals surface area contributed by atoms with Crippen molar-refractivity contribution in [3.05, 3.63) is 95.2 Å². The fraction of sp³-hybridized carbons (Fsp3) is 0.148. The lowest BCUT2D eigenvalue weighted by atomic mass is 9.96. The first kappa shape index (κ1) is 16.6. The summed E-state index contributed by atoms with van der Waals surface area (Å²) in [4.78, 5) is 0. The number of aromatic nitrogens is 2. The summed E-state index contributed by atoms with van der Waals surface area (Å²) in [5.74, 6) is 0. The van der Waals surface area contributed by atoms with Gasteiger partial charge < -0.3 is 4.57 Å². The van der Waals surface area contributed by atoms with Crippen molar-refractivity contribution >= 4 is 21.9 Å². The predicted octanol–water partition coefficient (Wildman–Crippen LogP) is 5.80. The van der Waals surface area contributed by atoms with E-state index in [2.05, 4.69) is 103 Å². The van der Waals surface area contributed by atoms with Crippen molar-refractivity contribution in [2.24, 2.45) is 7.05 Å². The average Bonchev–Trinajstić information content (AvgIpc) is 3.24. The highest BCUT2D eigenvalue weighted by molar-refractivity contribution is 6.10. The second kappa shape index (κ2) is 5.81. The topological polar surface area (TPSA) is 8.81 Å². The molecule has 0 saturated heterocycles. The fourth-order valence-electron chi connectivity index (χ4n) is 5.31. The van der Waals surface area contributed by atoms with Gasteiger partial charge in [0, 0.05) is 11.3 Å². The van der Waals surface area contributed by atoms with E-state index in [0.29, 0.717) is 0 Å². The zero-order valence-electron chi connectivity index (χ0n) is 17.0. The van der Waals surface area contributed by atoms with Crippen LogP contribution in [0.15, 0.2) is 72.9 Å². The van der Waals surface area contributed by atoms with Crippen LogP contribution in [0.3, 0.4) is 0 Å². The summed E-state index contributed by atoms with van der Waals surface area (Å²) in [6.45, 7) is 4.48. The summed E-state index contributed by atoms with van der Waals surface area (Å²) in [5, 5.41) is 1.36. The largest absolute Gasteiger partial charge is 0.304 e. The Labute approximate surface area is 170 Å². The predicted molar refractivity (Wildman–Crippen MR) is 120 cm³/mol. The molecule has 0 radical (unpaired) electrons. The zero-order chi connectivity index (χ0) is 19.7. The molecule has 0 unspecified atom stereocenters. The minimum atomic E-state index is 1.02. The van der Waals surface area contributed by atoms with E-state index in [1.165, 1.54) is 61.0 Å². The quantitative estimate of drug-likeness (QED) is 0.321. The van der Waals surface area contributed by atoms with Crippen LogP contribution in [-0.4, -0.2) is 4.57 Å². The Kier molecular flexibility index (Phi) is 3.31. The van der Waals surface area contributed by atoms with E-state index in [1.54, 1.807) is 0 Å². The molecule has 29 heavy (non-hydrogen) atoms. The summed E-state index contributed by atoms with van der Waals surface area (Å²) < 4.78 is 4.74. The smallest absolute Gasteiger partial charge is 0.239 e. The van der Waals surface area contributed by atoms with E-state index in [4.69, 9.17) is 0 Å². The van der Waals surface area contributed by atoms with Crippen molar-refractivity contribution in [1.29, 1.82) is 0 Å². The summed E-state index contributed by atoms with van der Waals surface area (Å²) in [6.07, 6.45) is 3.25. The van der Waals surface area contributed by atoms with Crippen LogP contribution in [0.5, 0.6) is 0 Å². The molecule has 0 saturated carbocycles. The van der Waals surface area contributed by atoms with Crippen LogP contribution in [0.2, 0.25) is 0 Å². The highest BCUT2D eigenvalue weighted by Crippen LogP contribution is 2.44. The molecule has 0 amide bonds. The van der Waals surface area contributed by atoms with E-state index in [1.807, 2.05) is 0 Å². The number of hydrogen-bond acceptors (Lipinski definition) is 0. The average molecular weight is 375 g/mol. The maximum absolute atomic E-state index is 2.44. The van der Waals surface area contributed by atoms with E-state index >= 15 is 0 Å². The van der Waals surface area contributed by atoms with Crippen LogP contribution in [-0.2, 0) is 13.5 Å². The monoisotopic (exact) mass is 375 g/mol. The van der Waals surface area contributed by atoms with Crippen molar-refractivity contribution < 1.29 is 4.57 Å². The third-order valence-corrected chi connectivity index (χ3v) is 6.40. The molecule has 1 aliphatic carbocycles. The molecule has 1 aliphatic rings. The minimum absolute atomic E-state index is 1.02. The Morgan fingerprint density at radius 1 is 0.828 bits per heavy atom. The van der Waals surface area contributed by atoms with Gasteiger partial charge in [-0.2, -0.15) is 4.57 Å². The molecule has 2 aromatic heterocycles. The van der Waals surface area contributed by atoms with E-state index < -0.39 is 0 Å². The van der Waals surface area contributed by atoms with Crippen molar-refractivity contribution in [2.75, 3.05) is 0 Å². The molecular formula is C27H23N2+. The first-order valence-corrected chi connectivity index (χ1v) is 10.2. The van der Waals surface area contributed by atoms with Crippen molar-refractivity contribution in [1.82, 2.24) is 4.57 Å². The first-order valence-electron chi connectivity index (χ1n) is 10.2. The molecule has 6 rings (SSSR count). The van der Waals surface area contributed by atoms with Crippen LogP contribution in [0, 0.1) is 13.8 Å². The van der Waals surface area contributed by atoms with Gasteiger partial charge in [0.15, 0.2) is 6.20 Å². The molecular weight excluding hydrogens is 352 g/mol. The molecule has 2 nitrogen and oxygen atoms in total. The van der Waals surface area contributed by atoms with Crippen LogP contribution >= 0.6 is 0 Å². The van der Waals surface area contributed by atoms with Gasteiger partial charge in [-0.15, -0.1) is 0 Å². The zero-order valence-corrected chi connectivity index (χ0v) is 17.0. The van der Waals surface area contributed by atoms with Gasteiger partial charge in [0.05, 0.1) is 10.9 Å². The Morgan fingerprint density at radius 2 is 1.59 bits per heavy atom. The third kappa shape index (κ3) is 2.20. The number of rotatable bonds is 1. The normalized spacial score (nSPS) is 12.5. The van der Waals surface area contributed by atoms with Gasteiger partial charge in [0.25, 0.3) is 0 Å². The molecule has 0 bridgehead atoms. The Bertz CT molecular complexity index is 1440.